The van der Waals surface area contributed by atoms with Gasteiger partial charge in [-0.3, -0.25) is 0 Å². The first-order chi connectivity index (χ1) is 8.29. The highest BCUT2D eigenvalue weighted by Gasteiger charge is 2.15. The van der Waals surface area contributed by atoms with Gasteiger partial charge in [0.25, 0.3) is 0 Å². The third kappa shape index (κ3) is 3.38. The number of hydrogen-bond donors (Lipinski definition) is 1. The monoisotopic (exact) mass is 237 g/mol. The molecular weight excluding hydrogens is 218 g/mol. The average Bonchev–Trinajstić information content (AvgIpc) is 2.38. The topological polar surface area (TPSA) is 70.3 Å². The molecule has 0 amide bonds. The Balaban J connectivity index is 1.87. The zero-order valence-corrected chi connectivity index (χ0v) is 10.2. The molecule has 2 N–H and O–H groups in total. The summed E-state index contributed by atoms with van der Waals surface area (Å²) in [6.07, 6.45) is 5.32. The van der Waals surface area contributed by atoms with Crippen molar-refractivity contribution in [1.29, 1.82) is 0 Å². The summed E-state index contributed by atoms with van der Waals surface area (Å²) in [7, 11) is 0. The summed E-state index contributed by atoms with van der Waals surface area (Å²) in [5, 5.41) is 0. The van der Waals surface area contributed by atoms with Crippen LogP contribution in [0.15, 0.2) is 6.20 Å². The number of aryl methyl sites for hydroxylation is 1. The van der Waals surface area contributed by atoms with Crippen molar-refractivity contribution in [2.24, 2.45) is 5.73 Å². The largest absolute Gasteiger partial charge is 0.461 e. The fraction of sp³-hybridized carbons (Fsp3) is 0.667. The molecule has 2 heterocycles. The van der Waals surface area contributed by atoms with Gasteiger partial charge >= 0.3 is 6.01 Å². The number of rotatable bonds is 4. The zero-order valence-electron chi connectivity index (χ0n) is 10.2. The Kier molecular flexibility index (Phi) is 4.28. The standard InChI is InChI=1S/C12H19N3O2/c1-9-10(6-13)7-14-12(15-9)17-8-11-4-2-3-5-16-11/h7,11H,2-6,8,13H2,1H3. The molecule has 1 aromatic rings. The predicted octanol–water partition coefficient (Wildman–Crippen LogP) is 1.19. The van der Waals surface area contributed by atoms with E-state index in [1.807, 2.05) is 6.92 Å². The second-order valence-electron chi connectivity index (χ2n) is 4.27. The van der Waals surface area contributed by atoms with E-state index in [4.69, 9.17) is 15.2 Å². The SMILES string of the molecule is Cc1nc(OCC2CCCCO2)ncc1CN. The van der Waals surface area contributed by atoms with Gasteiger partial charge < -0.3 is 15.2 Å². The molecule has 1 fully saturated rings. The van der Waals surface area contributed by atoms with Gasteiger partial charge in [0.15, 0.2) is 0 Å². The second kappa shape index (κ2) is 5.93. The molecule has 0 saturated carbocycles. The third-order valence-corrected chi connectivity index (χ3v) is 2.95. The number of nitrogens with two attached hydrogens (primary N) is 1. The van der Waals surface area contributed by atoms with Gasteiger partial charge in [0.2, 0.25) is 0 Å². The van der Waals surface area contributed by atoms with E-state index >= 15 is 0 Å². The molecular formula is C12H19N3O2. The lowest BCUT2D eigenvalue weighted by Crippen LogP contribution is -2.26. The molecule has 0 bridgehead atoms. The van der Waals surface area contributed by atoms with Crippen LogP contribution in [-0.4, -0.2) is 29.3 Å². The van der Waals surface area contributed by atoms with Crippen molar-refractivity contribution >= 4 is 0 Å². The Morgan fingerprint density at radius 3 is 3.06 bits per heavy atom. The molecule has 94 valence electrons. The molecule has 1 aliphatic heterocycles. The maximum absolute atomic E-state index is 5.57. The van der Waals surface area contributed by atoms with E-state index in [1.54, 1.807) is 6.20 Å². The third-order valence-electron chi connectivity index (χ3n) is 2.95. The molecule has 1 aromatic heterocycles. The molecule has 0 aliphatic carbocycles. The zero-order chi connectivity index (χ0) is 12.1. The lowest BCUT2D eigenvalue weighted by atomic mass is 10.1. The molecule has 0 radical (unpaired) electrons. The first kappa shape index (κ1) is 12.3. The Morgan fingerprint density at radius 2 is 2.41 bits per heavy atom. The molecule has 2 rings (SSSR count). The van der Waals surface area contributed by atoms with Crippen LogP contribution in [0.3, 0.4) is 0 Å². The van der Waals surface area contributed by atoms with Crippen molar-refractivity contribution in [3.05, 3.63) is 17.5 Å². The maximum Gasteiger partial charge on any atom is 0.316 e. The predicted molar refractivity (Wildman–Crippen MR) is 63.7 cm³/mol. The van der Waals surface area contributed by atoms with E-state index in [1.165, 1.54) is 6.42 Å². The van der Waals surface area contributed by atoms with Crippen molar-refractivity contribution in [3.8, 4) is 6.01 Å². The molecule has 1 atom stereocenters. The Morgan fingerprint density at radius 1 is 1.53 bits per heavy atom. The first-order valence-corrected chi connectivity index (χ1v) is 6.06. The Labute approximate surface area is 101 Å². The van der Waals surface area contributed by atoms with Gasteiger partial charge in [-0.05, 0) is 26.2 Å². The van der Waals surface area contributed by atoms with E-state index in [9.17, 15) is 0 Å². The van der Waals surface area contributed by atoms with Crippen molar-refractivity contribution in [2.45, 2.75) is 38.8 Å². The van der Waals surface area contributed by atoms with Crippen molar-refractivity contribution in [1.82, 2.24) is 9.97 Å². The van der Waals surface area contributed by atoms with Crippen LogP contribution in [0.1, 0.15) is 30.5 Å². The lowest BCUT2D eigenvalue weighted by Gasteiger charge is -2.22. The summed E-state index contributed by atoms with van der Waals surface area (Å²) in [6.45, 7) is 3.73. The van der Waals surface area contributed by atoms with Gasteiger partial charge in [-0.15, -0.1) is 0 Å². The van der Waals surface area contributed by atoms with Crippen molar-refractivity contribution < 1.29 is 9.47 Å². The maximum atomic E-state index is 5.57. The van der Waals surface area contributed by atoms with E-state index in [0.717, 1.165) is 30.7 Å². The molecule has 5 heteroatoms. The minimum atomic E-state index is 0.182. The van der Waals surface area contributed by atoms with Crippen LogP contribution in [0, 0.1) is 6.92 Å². The van der Waals surface area contributed by atoms with E-state index in [-0.39, 0.29) is 6.10 Å². The summed E-state index contributed by atoms with van der Waals surface area (Å²) in [6, 6.07) is 0.411. The molecule has 1 unspecified atom stereocenters. The van der Waals surface area contributed by atoms with Crippen LogP contribution in [-0.2, 0) is 11.3 Å². The highest BCUT2D eigenvalue weighted by molar-refractivity contribution is 5.17. The molecule has 0 aromatic carbocycles. The van der Waals surface area contributed by atoms with Crippen LogP contribution in [0.2, 0.25) is 0 Å². The van der Waals surface area contributed by atoms with Crippen LogP contribution >= 0.6 is 0 Å². The van der Waals surface area contributed by atoms with Gasteiger partial charge in [-0.25, -0.2) is 9.97 Å². The second-order valence-corrected chi connectivity index (χ2v) is 4.27. The van der Waals surface area contributed by atoms with E-state index in [0.29, 0.717) is 19.2 Å². The minimum Gasteiger partial charge on any atom is -0.461 e. The number of nitrogens with zero attached hydrogens (tertiary/aromatic N) is 2. The van der Waals surface area contributed by atoms with Crippen LogP contribution in [0.25, 0.3) is 0 Å². The smallest absolute Gasteiger partial charge is 0.316 e. The summed E-state index contributed by atoms with van der Waals surface area (Å²) < 4.78 is 11.1. The number of aromatic nitrogens is 2. The Bertz CT molecular complexity index is 365. The van der Waals surface area contributed by atoms with Gasteiger partial charge in [0.05, 0.1) is 6.10 Å². The summed E-state index contributed by atoms with van der Waals surface area (Å²) in [5.41, 5.74) is 7.38. The number of ether oxygens (including phenoxy) is 2. The van der Waals surface area contributed by atoms with E-state index < -0.39 is 0 Å². The molecule has 0 spiro atoms. The summed E-state index contributed by atoms with van der Waals surface area (Å²) >= 11 is 0. The average molecular weight is 237 g/mol. The van der Waals surface area contributed by atoms with Gasteiger partial charge in [-0.1, -0.05) is 0 Å². The first-order valence-electron chi connectivity index (χ1n) is 6.06. The fourth-order valence-corrected chi connectivity index (χ4v) is 1.85. The molecule has 1 saturated heterocycles. The van der Waals surface area contributed by atoms with E-state index in [2.05, 4.69) is 9.97 Å². The highest BCUT2D eigenvalue weighted by atomic mass is 16.5. The summed E-state index contributed by atoms with van der Waals surface area (Å²) in [5.74, 6) is 0. The van der Waals surface area contributed by atoms with Gasteiger partial charge in [0.1, 0.15) is 6.61 Å². The van der Waals surface area contributed by atoms with Crippen LogP contribution < -0.4 is 10.5 Å². The number of hydrogen-bond acceptors (Lipinski definition) is 5. The van der Waals surface area contributed by atoms with Gasteiger partial charge in [0, 0.05) is 30.6 Å². The Hall–Kier alpha value is -1.20. The lowest BCUT2D eigenvalue weighted by molar-refractivity contribution is -0.0129. The van der Waals surface area contributed by atoms with Gasteiger partial charge in [-0.2, -0.15) is 0 Å². The molecule has 5 nitrogen and oxygen atoms in total. The fourth-order valence-electron chi connectivity index (χ4n) is 1.85. The summed E-state index contributed by atoms with van der Waals surface area (Å²) in [4.78, 5) is 8.39. The molecule has 1 aliphatic rings. The quantitative estimate of drug-likeness (QED) is 0.851. The minimum absolute atomic E-state index is 0.182. The van der Waals surface area contributed by atoms with Crippen molar-refractivity contribution in [3.63, 3.8) is 0 Å². The van der Waals surface area contributed by atoms with Crippen LogP contribution in [0.5, 0.6) is 6.01 Å². The highest BCUT2D eigenvalue weighted by Crippen LogP contribution is 2.14. The van der Waals surface area contributed by atoms with Crippen molar-refractivity contribution in [2.75, 3.05) is 13.2 Å². The normalized spacial score (nSPS) is 20.2. The molecule has 17 heavy (non-hydrogen) atoms. The van der Waals surface area contributed by atoms with Crippen LogP contribution in [0.4, 0.5) is 0 Å².